The molecule has 0 aliphatic heterocycles. The van der Waals surface area contributed by atoms with Gasteiger partial charge >= 0.3 is 18.3 Å². The molecule has 4 nitrogen and oxygen atoms in total. The van der Waals surface area contributed by atoms with E-state index in [1.54, 1.807) is 12.1 Å². The van der Waals surface area contributed by atoms with Crippen LogP contribution in [0.15, 0.2) is 60.9 Å². The molecule has 0 saturated carbocycles. The van der Waals surface area contributed by atoms with Crippen LogP contribution >= 0.6 is 0 Å². The Balaban J connectivity index is 0.000000379. The van der Waals surface area contributed by atoms with E-state index >= 15 is 0 Å². The Kier molecular flexibility index (Phi) is 8.68. The molecule has 0 atom stereocenters. The Morgan fingerprint density at radius 2 is 1.47 bits per heavy atom. The Morgan fingerprint density at radius 1 is 0.867 bits per heavy atom. The summed E-state index contributed by atoms with van der Waals surface area (Å²) in [6, 6.07) is 11.6. The number of rotatable bonds is 2. The number of pyridine rings is 2. The Bertz CT molecular complexity index is 932. The standard InChI is InChI=1S/C13H6F6N.C6H5NO2.Ir/c14-12(15,16)9-5-8(11-3-1-2-4-20-11)6-10(7-9)13(17,18)19;8-6(9)5-3-1-2-4-7-5;/h1-5,7H;1-4H,(H,8,9);/q-1;;. The minimum Gasteiger partial charge on any atom is -0.477 e. The zero-order valence-electron chi connectivity index (χ0n) is 14.6. The fourth-order valence-corrected chi connectivity index (χ4v) is 2.04. The molecule has 0 amide bonds. The fourth-order valence-electron chi connectivity index (χ4n) is 2.04. The Hall–Kier alpha value is -2.78. The predicted molar refractivity (Wildman–Crippen MR) is 89.7 cm³/mol. The summed E-state index contributed by atoms with van der Waals surface area (Å²) >= 11 is 0. The molecule has 0 bridgehead atoms. The van der Waals surface area contributed by atoms with Crippen LogP contribution in [0.25, 0.3) is 11.3 Å². The average molecular weight is 606 g/mol. The van der Waals surface area contributed by atoms with E-state index in [1.165, 1.54) is 36.7 Å². The van der Waals surface area contributed by atoms with Gasteiger partial charge in [-0.3, -0.25) is 0 Å². The van der Waals surface area contributed by atoms with Gasteiger partial charge in [0.25, 0.3) is 0 Å². The molecular weight excluding hydrogens is 594 g/mol. The number of nitrogens with zero attached hydrogens (tertiary/aromatic N) is 2. The van der Waals surface area contributed by atoms with Crippen LogP contribution in [-0.2, 0) is 32.5 Å². The van der Waals surface area contributed by atoms with Crippen molar-refractivity contribution in [3.05, 3.63) is 83.8 Å². The first-order chi connectivity index (χ1) is 13.5. The molecule has 0 saturated heterocycles. The summed E-state index contributed by atoms with van der Waals surface area (Å²) in [6.07, 6.45) is -7.07. The molecule has 2 aromatic heterocycles. The summed E-state index contributed by atoms with van der Waals surface area (Å²) in [6.45, 7) is 0. The summed E-state index contributed by atoms with van der Waals surface area (Å²) in [5, 5.41) is 8.32. The minimum atomic E-state index is -4.91. The number of hydrogen-bond donors (Lipinski definition) is 1. The largest absolute Gasteiger partial charge is 0.477 e. The van der Waals surface area contributed by atoms with E-state index in [1.807, 2.05) is 6.07 Å². The molecule has 30 heavy (non-hydrogen) atoms. The topological polar surface area (TPSA) is 63.1 Å². The minimum absolute atomic E-state index is 0. The molecule has 2 heterocycles. The smallest absolute Gasteiger partial charge is 0.399 e. The number of carboxylic acid groups (broad SMARTS) is 1. The van der Waals surface area contributed by atoms with Gasteiger partial charge in [-0.25, -0.2) is 9.78 Å². The molecule has 3 rings (SSSR count). The summed E-state index contributed by atoms with van der Waals surface area (Å²) in [7, 11) is 0. The molecule has 0 aliphatic carbocycles. The molecule has 1 N–H and O–H groups in total. The first-order valence-corrected chi connectivity index (χ1v) is 7.76. The van der Waals surface area contributed by atoms with Crippen molar-refractivity contribution in [2.75, 3.05) is 0 Å². The molecule has 3 aromatic rings. The zero-order chi connectivity index (χ0) is 21.7. The summed E-state index contributed by atoms with van der Waals surface area (Å²) in [5.74, 6) is -0.990. The first-order valence-electron chi connectivity index (χ1n) is 7.76. The second-order valence-corrected chi connectivity index (χ2v) is 5.43. The summed E-state index contributed by atoms with van der Waals surface area (Å²) in [4.78, 5) is 17.4. The average Bonchev–Trinajstić information content (AvgIpc) is 2.68. The van der Waals surface area contributed by atoms with E-state index < -0.39 is 29.4 Å². The third kappa shape index (κ3) is 7.23. The van der Waals surface area contributed by atoms with Gasteiger partial charge in [0.2, 0.25) is 0 Å². The van der Waals surface area contributed by atoms with Crippen molar-refractivity contribution in [3.63, 3.8) is 0 Å². The van der Waals surface area contributed by atoms with Crippen molar-refractivity contribution < 1.29 is 56.3 Å². The van der Waals surface area contributed by atoms with Crippen LogP contribution in [0, 0.1) is 6.07 Å². The van der Waals surface area contributed by atoms with E-state index in [2.05, 4.69) is 9.97 Å². The van der Waals surface area contributed by atoms with Crippen LogP contribution in [0.5, 0.6) is 0 Å². The Morgan fingerprint density at radius 3 is 1.87 bits per heavy atom. The van der Waals surface area contributed by atoms with Crippen molar-refractivity contribution in [1.29, 1.82) is 0 Å². The van der Waals surface area contributed by atoms with E-state index in [0.717, 1.165) is 0 Å². The van der Waals surface area contributed by atoms with Crippen molar-refractivity contribution >= 4 is 5.97 Å². The number of hydrogen-bond acceptors (Lipinski definition) is 3. The molecule has 161 valence electrons. The number of halogens is 6. The number of carboxylic acids is 1. The number of aromatic nitrogens is 2. The van der Waals surface area contributed by atoms with Crippen molar-refractivity contribution in [3.8, 4) is 11.3 Å². The SMILES string of the molecule is FC(F)(F)c1[c-]c(-c2ccccn2)cc(C(F)(F)F)c1.O=C(O)c1ccccn1.[Ir]. The van der Waals surface area contributed by atoms with Crippen LogP contribution in [0.2, 0.25) is 0 Å². The zero-order valence-corrected chi connectivity index (χ0v) is 17.0. The van der Waals surface area contributed by atoms with E-state index in [-0.39, 0.29) is 43.1 Å². The normalized spacial score (nSPS) is 11.0. The molecular formula is C19H11F6IrN2O2-. The molecule has 0 aliphatic rings. The van der Waals surface area contributed by atoms with Gasteiger partial charge in [-0.2, -0.15) is 26.3 Å². The molecule has 0 spiro atoms. The van der Waals surface area contributed by atoms with Gasteiger partial charge in [-0.1, -0.05) is 18.2 Å². The Labute approximate surface area is 180 Å². The van der Waals surface area contributed by atoms with E-state index in [9.17, 15) is 31.1 Å². The third-order valence-electron chi connectivity index (χ3n) is 3.33. The maximum atomic E-state index is 12.7. The van der Waals surface area contributed by atoms with E-state index in [0.29, 0.717) is 6.07 Å². The second-order valence-electron chi connectivity index (χ2n) is 5.43. The van der Waals surface area contributed by atoms with Crippen molar-refractivity contribution in [2.24, 2.45) is 0 Å². The quantitative estimate of drug-likeness (QED) is 0.316. The van der Waals surface area contributed by atoms with Crippen LogP contribution in [0.1, 0.15) is 21.6 Å². The van der Waals surface area contributed by atoms with Gasteiger partial charge in [0.05, 0.1) is 0 Å². The van der Waals surface area contributed by atoms with Gasteiger partial charge in [-0.05, 0) is 35.0 Å². The summed E-state index contributed by atoms with van der Waals surface area (Å²) in [5.41, 5.74) is -3.15. The van der Waals surface area contributed by atoms with Crippen LogP contribution in [0.3, 0.4) is 0 Å². The van der Waals surface area contributed by atoms with Crippen molar-refractivity contribution in [2.45, 2.75) is 12.4 Å². The summed E-state index contributed by atoms with van der Waals surface area (Å²) < 4.78 is 75.8. The van der Waals surface area contributed by atoms with E-state index in [4.69, 9.17) is 5.11 Å². The van der Waals surface area contributed by atoms with Crippen molar-refractivity contribution in [1.82, 2.24) is 9.97 Å². The molecule has 1 aromatic carbocycles. The van der Waals surface area contributed by atoms with Crippen LogP contribution in [0.4, 0.5) is 26.3 Å². The molecule has 0 unspecified atom stereocenters. The van der Waals surface area contributed by atoms with Gasteiger partial charge < -0.3 is 10.1 Å². The number of benzene rings is 1. The van der Waals surface area contributed by atoms with Gasteiger partial charge in [0.1, 0.15) is 5.69 Å². The number of alkyl halides is 6. The van der Waals surface area contributed by atoms with Crippen LogP contribution in [-0.4, -0.2) is 21.0 Å². The number of carbonyl (C=O) groups is 1. The molecule has 0 fully saturated rings. The van der Waals surface area contributed by atoms with Gasteiger partial charge in [0, 0.05) is 32.5 Å². The fraction of sp³-hybridized carbons (Fsp3) is 0.105. The maximum absolute atomic E-state index is 12.7. The maximum Gasteiger partial charge on any atom is 0.399 e. The second kappa shape index (κ2) is 10.3. The van der Waals surface area contributed by atoms with Gasteiger partial charge in [-0.15, -0.1) is 23.8 Å². The molecule has 1 radical (unpaired) electrons. The third-order valence-corrected chi connectivity index (χ3v) is 3.33. The number of aromatic carboxylic acids is 1. The monoisotopic (exact) mass is 606 g/mol. The first kappa shape index (κ1) is 25.3. The van der Waals surface area contributed by atoms with Gasteiger partial charge in [0.15, 0.2) is 0 Å². The predicted octanol–water partition coefficient (Wildman–Crippen LogP) is 5.36. The molecule has 11 heteroatoms. The van der Waals surface area contributed by atoms with Crippen LogP contribution < -0.4 is 0 Å².